The van der Waals surface area contributed by atoms with E-state index in [0.717, 1.165) is 5.56 Å². The van der Waals surface area contributed by atoms with Crippen molar-refractivity contribution in [3.8, 4) is 0 Å². The second-order valence-electron chi connectivity index (χ2n) is 3.20. The maximum atomic E-state index is 10.6. The minimum Gasteiger partial charge on any atom is -0.382 e. The molecule has 1 amide bonds. The highest BCUT2D eigenvalue weighted by molar-refractivity contribution is 5.79. The molecule has 4 heteroatoms. The molecular weight excluding hydrogens is 180 g/mol. The second-order valence-corrected chi connectivity index (χ2v) is 3.20. The van der Waals surface area contributed by atoms with Crippen molar-refractivity contribution in [2.24, 2.45) is 11.5 Å². The molecule has 0 aliphatic carbocycles. The van der Waals surface area contributed by atoms with Crippen molar-refractivity contribution in [3.63, 3.8) is 0 Å². The highest BCUT2D eigenvalue weighted by atomic mass is 16.3. The molecule has 0 unspecified atom stereocenters. The van der Waals surface area contributed by atoms with Crippen LogP contribution in [0, 0.1) is 0 Å². The van der Waals surface area contributed by atoms with Crippen molar-refractivity contribution in [2.75, 3.05) is 0 Å². The molecule has 2 atom stereocenters. The molecule has 14 heavy (non-hydrogen) atoms. The third-order valence-electron chi connectivity index (χ3n) is 2.01. The highest BCUT2D eigenvalue weighted by Gasteiger charge is 2.20. The molecule has 0 aliphatic heterocycles. The third-order valence-corrected chi connectivity index (χ3v) is 2.01. The van der Waals surface area contributed by atoms with Crippen molar-refractivity contribution in [1.82, 2.24) is 0 Å². The number of amides is 1. The van der Waals surface area contributed by atoms with Crippen LogP contribution in [0.5, 0.6) is 0 Å². The van der Waals surface area contributed by atoms with E-state index in [1.807, 2.05) is 30.3 Å². The van der Waals surface area contributed by atoms with Gasteiger partial charge in [0.2, 0.25) is 5.91 Å². The van der Waals surface area contributed by atoms with Crippen LogP contribution >= 0.6 is 0 Å². The van der Waals surface area contributed by atoms with Gasteiger partial charge in [-0.3, -0.25) is 4.79 Å². The quantitative estimate of drug-likeness (QED) is 0.598. The highest BCUT2D eigenvalue weighted by Crippen LogP contribution is 2.04. The summed E-state index contributed by atoms with van der Waals surface area (Å²) >= 11 is 0. The van der Waals surface area contributed by atoms with Gasteiger partial charge in [-0.15, -0.1) is 0 Å². The van der Waals surface area contributed by atoms with Crippen LogP contribution in [0.3, 0.4) is 0 Å². The Hall–Kier alpha value is -1.39. The van der Waals surface area contributed by atoms with Crippen LogP contribution in [0.1, 0.15) is 5.56 Å². The lowest BCUT2D eigenvalue weighted by atomic mass is 10.0. The van der Waals surface area contributed by atoms with E-state index in [1.54, 1.807) is 0 Å². The van der Waals surface area contributed by atoms with E-state index in [-0.39, 0.29) is 0 Å². The van der Waals surface area contributed by atoms with Gasteiger partial charge in [-0.05, 0) is 12.0 Å². The Kier molecular flexibility index (Phi) is 3.62. The van der Waals surface area contributed by atoms with Crippen molar-refractivity contribution >= 4 is 5.91 Å². The van der Waals surface area contributed by atoms with Gasteiger partial charge < -0.3 is 16.6 Å². The smallest absolute Gasteiger partial charge is 0.247 e. The molecule has 1 rings (SSSR count). The average Bonchev–Trinajstić information content (AvgIpc) is 2.18. The fourth-order valence-corrected chi connectivity index (χ4v) is 1.21. The summed E-state index contributed by atoms with van der Waals surface area (Å²) in [6, 6.07) is 8.76. The van der Waals surface area contributed by atoms with Gasteiger partial charge in [0.25, 0.3) is 0 Å². The van der Waals surface area contributed by atoms with Gasteiger partial charge in [0.05, 0.1) is 0 Å². The minimum absolute atomic E-state index is 0.435. The van der Waals surface area contributed by atoms with E-state index in [2.05, 4.69) is 0 Å². The topological polar surface area (TPSA) is 89.3 Å². The summed E-state index contributed by atoms with van der Waals surface area (Å²) in [6.07, 6.45) is -0.847. The summed E-state index contributed by atoms with van der Waals surface area (Å²) in [5.74, 6) is -0.784. The molecule has 0 spiro atoms. The Labute approximate surface area is 82.5 Å². The standard InChI is InChI=1S/C10H14N2O2/c11-8(9(13)10(12)14)6-7-4-2-1-3-5-7/h1-5,8-9,13H,6,11H2,(H2,12,14)/t8-,9-/m1/s1. The van der Waals surface area contributed by atoms with Crippen LogP contribution in [0.4, 0.5) is 0 Å². The number of hydrogen-bond donors (Lipinski definition) is 3. The molecule has 76 valence electrons. The molecule has 1 aromatic rings. The van der Waals surface area contributed by atoms with Crippen molar-refractivity contribution in [3.05, 3.63) is 35.9 Å². The number of aliphatic hydroxyl groups is 1. The van der Waals surface area contributed by atoms with Crippen LogP contribution < -0.4 is 11.5 Å². The summed E-state index contributed by atoms with van der Waals surface area (Å²) in [7, 11) is 0. The SMILES string of the molecule is NC(=O)[C@H](O)[C@H](N)Cc1ccccc1. The average molecular weight is 194 g/mol. The zero-order valence-corrected chi connectivity index (χ0v) is 7.76. The molecule has 0 aromatic heterocycles. The summed E-state index contributed by atoms with van der Waals surface area (Å²) < 4.78 is 0. The fourth-order valence-electron chi connectivity index (χ4n) is 1.21. The summed E-state index contributed by atoms with van der Waals surface area (Å²) in [4.78, 5) is 10.6. The van der Waals surface area contributed by atoms with E-state index < -0.39 is 18.1 Å². The minimum atomic E-state index is -1.28. The predicted molar refractivity (Wildman–Crippen MR) is 53.3 cm³/mol. The van der Waals surface area contributed by atoms with Crippen LogP contribution in [-0.2, 0) is 11.2 Å². The second kappa shape index (κ2) is 4.74. The van der Waals surface area contributed by atoms with Crippen molar-refractivity contribution in [1.29, 1.82) is 0 Å². The summed E-state index contributed by atoms with van der Waals surface area (Å²) in [6.45, 7) is 0. The number of nitrogens with two attached hydrogens (primary N) is 2. The number of carbonyl (C=O) groups is 1. The molecule has 4 nitrogen and oxygen atoms in total. The molecule has 0 bridgehead atoms. The van der Waals surface area contributed by atoms with Gasteiger partial charge in [0.15, 0.2) is 0 Å². The molecule has 1 aromatic carbocycles. The number of benzene rings is 1. The van der Waals surface area contributed by atoms with Crippen LogP contribution in [-0.4, -0.2) is 23.2 Å². The van der Waals surface area contributed by atoms with E-state index in [1.165, 1.54) is 0 Å². The lowest BCUT2D eigenvalue weighted by Gasteiger charge is -2.15. The van der Waals surface area contributed by atoms with Gasteiger partial charge in [-0.1, -0.05) is 30.3 Å². The molecule has 0 aliphatic rings. The van der Waals surface area contributed by atoms with Crippen LogP contribution in [0.2, 0.25) is 0 Å². The summed E-state index contributed by atoms with van der Waals surface area (Å²) in [5.41, 5.74) is 11.5. The molecule has 5 N–H and O–H groups in total. The van der Waals surface area contributed by atoms with Gasteiger partial charge in [-0.2, -0.15) is 0 Å². The maximum Gasteiger partial charge on any atom is 0.247 e. The summed E-state index contributed by atoms with van der Waals surface area (Å²) in [5, 5.41) is 9.26. The first-order chi connectivity index (χ1) is 6.61. The number of rotatable bonds is 4. The molecule has 0 saturated carbocycles. The first kappa shape index (κ1) is 10.7. The third kappa shape index (κ3) is 2.83. The van der Waals surface area contributed by atoms with Gasteiger partial charge in [0, 0.05) is 6.04 Å². The van der Waals surface area contributed by atoms with E-state index in [4.69, 9.17) is 11.5 Å². The van der Waals surface area contributed by atoms with E-state index >= 15 is 0 Å². The zero-order valence-electron chi connectivity index (χ0n) is 7.76. The number of carbonyl (C=O) groups excluding carboxylic acids is 1. The number of primary amides is 1. The van der Waals surface area contributed by atoms with E-state index in [0.29, 0.717) is 6.42 Å². The molecular formula is C10H14N2O2. The van der Waals surface area contributed by atoms with Crippen LogP contribution in [0.25, 0.3) is 0 Å². The van der Waals surface area contributed by atoms with Crippen molar-refractivity contribution < 1.29 is 9.90 Å². The Morgan fingerprint density at radius 2 is 1.93 bits per heavy atom. The van der Waals surface area contributed by atoms with Gasteiger partial charge in [-0.25, -0.2) is 0 Å². The first-order valence-corrected chi connectivity index (χ1v) is 4.38. The molecule has 0 heterocycles. The van der Waals surface area contributed by atoms with Crippen molar-refractivity contribution in [2.45, 2.75) is 18.6 Å². The van der Waals surface area contributed by atoms with Gasteiger partial charge >= 0.3 is 0 Å². The normalized spacial score (nSPS) is 14.7. The molecule has 0 fully saturated rings. The maximum absolute atomic E-state index is 10.6. The fraction of sp³-hybridized carbons (Fsp3) is 0.300. The molecule has 0 radical (unpaired) electrons. The Morgan fingerprint density at radius 3 is 2.43 bits per heavy atom. The monoisotopic (exact) mass is 194 g/mol. The van der Waals surface area contributed by atoms with Crippen LogP contribution in [0.15, 0.2) is 30.3 Å². The molecule has 0 saturated heterocycles. The largest absolute Gasteiger partial charge is 0.382 e. The lowest BCUT2D eigenvalue weighted by Crippen LogP contribution is -2.45. The zero-order chi connectivity index (χ0) is 10.6. The van der Waals surface area contributed by atoms with E-state index in [9.17, 15) is 9.90 Å². The Balaban J connectivity index is 2.57. The predicted octanol–water partition coefficient (Wildman–Crippen LogP) is -0.597. The lowest BCUT2D eigenvalue weighted by molar-refractivity contribution is -0.126. The first-order valence-electron chi connectivity index (χ1n) is 4.38. The Morgan fingerprint density at radius 1 is 1.36 bits per heavy atom. The number of hydrogen-bond acceptors (Lipinski definition) is 3. The van der Waals surface area contributed by atoms with Gasteiger partial charge in [0.1, 0.15) is 6.10 Å². The Bertz CT molecular complexity index is 300. The number of aliphatic hydroxyl groups excluding tert-OH is 1.